The average molecular weight is 372 g/mol. The van der Waals surface area contributed by atoms with Crippen molar-refractivity contribution >= 4 is 17.8 Å². The summed E-state index contributed by atoms with van der Waals surface area (Å²) in [5.74, 6) is -5.15. The van der Waals surface area contributed by atoms with Gasteiger partial charge in [-0.05, 0) is 25.3 Å². The summed E-state index contributed by atoms with van der Waals surface area (Å²) in [4.78, 5) is 34.2. The van der Waals surface area contributed by atoms with E-state index in [1.807, 2.05) is 0 Å². The van der Waals surface area contributed by atoms with E-state index in [1.54, 1.807) is 0 Å². The van der Waals surface area contributed by atoms with Crippen molar-refractivity contribution in [1.82, 2.24) is 10.6 Å². The predicted molar refractivity (Wildman–Crippen MR) is 84.4 cm³/mol. The second-order valence-electron chi connectivity index (χ2n) is 6.36. The maximum absolute atomic E-state index is 13.5. The lowest BCUT2D eigenvalue weighted by molar-refractivity contribution is -0.137. The van der Waals surface area contributed by atoms with Crippen molar-refractivity contribution in [3.8, 4) is 0 Å². The van der Waals surface area contributed by atoms with Gasteiger partial charge in [0.1, 0.15) is 5.82 Å². The smallest absolute Gasteiger partial charge is 0.303 e. The zero-order chi connectivity index (χ0) is 19.3. The van der Waals surface area contributed by atoms with Gasteiger partial charge in [0, 0.05) is 43.0 Å². The maximum Gasteiger partial charge on any atom is 0.303 e. The van der Waals surface area contributed by atoms with Crippen LogP contribution in [0.2, 0.25) is 0 Å². The molecule has 1 saturated heterocycles. The molecule has 0 aromatic heterocycles. The summed E-state index contributed by atoms with van der Waals surface area (Å²) in [7, 11) is 0. The number of rotatable bonds is 8. The SMILES string of the molecule is O=C(O)CC[C@]1(CCC(=O)NCc2cc(F)c(F)cc2F)CCC(=O)N1. The molecule has 2 rings (SSSR count). The monoisotopic (exact) mass is 372 g/mol. The Kier molecular flexibility index (Phi) is 6.23. The fraction of sp³-hybridized carbons (Fsp3) is 0.471. The minimum absolute atomic E-state index is 0.0226. The number of nitrogens with one attached hydrogen (secondary N) is 2. The van der Waals surface area contributed by atoms with Crippen LogP contribution in [0.15, 0.2) is 12.1 Å². The minimum Gasteiger partial charge on any atom is -0.481 e. The molecule has 0 bridgehead atoms. The Balaban J connectivity index is 1.89. The van der Waals surface area contributed by atoms with E-state index in [1.165, 1.54) is 0 Å². The molecule has 26 heavy (non-hydrogen) atoms. The van der Waals surface area contributed by atoms with Gasteiger partial charge in [-0.1, -0.05) is 0 Å². The van der Waals surface area contributed by atoms with Crippen LogP contribution in [0.3, 0.4) is 0 Å². The summed E-state index contributed by atoms with van der Waals surface area (Å²) in [6.07, 6.45) is 0.982. The van der Waals surface area contributed by atoms with Crippen LogP contribution in [0.5, 0.6) is 0 Å². The standard InChI is InChI=1S/C17H19F3N2O4/c18-11-8-13(20)12(19)7-10(11)9-21-14(23)1-4-17(6-3-16(25)26)5-2-15(24)22-17/h7-8H,1-6,9H2,(H,21,23)(H,22,24)(H,25,26)/t17-/m0/s1. The summed E-state index contributed by atoms with van der Waals surface area (Å²) in [5.41, 5.74) is -0.938. The highest BCUT2D eigenvalue weighted by atomic mass is 19.2. The van der Waals surface area contributed by atoms with E-state index in [2.05, 4.69) is 10.6 Å². The highest BCUT2D eigenvalue weighted by Crippen LogP contribution is 2.30. The van der Waals surface area contributed by atoms with E-state index in [0.717, 1.165) is 0 Å². The molecular formula is C17H19F3N2O4. The first-order chi connectivity index (χ1) is 12.2. The number of hydrogen-bond donors (Lipinski definition) is 3. The predicted octanol–water partition coefficient (Wildman–Crippen LogP) is 2.01. The second kappa shape index (κ2) is 8.20. The molecule has 0 unspecified atom stereocenters. The molecule has 1 aliphatic heterocycles. The topological polar surface area (TPSA) is 95.5 Å². The van der Waals surface area contributed by atoms with Crippen LogP contribution >= 0.6 is 0 Å². The Morgan fingerprint density at radius 1 is 1.12 bits per heavy atom. The molecule has 1 aliphatic rings. The number of carboxylic acids is 1. The lowest BCUT2D eigenvalue weighted by Crippen LogP contribution is -2.43. The van der Waals surface area contributed by atoms with Gasteiger partial charge in [-0.15, -0.1) is 0 Å². The van der Waals surface area contributed by atoms with Gasteiger partial charge in [-0.25, -0.2) is 13.2 Å². The van der Waals surface area contributed by atoms with Crippen LogP contribution in [-0.2, 0) is 20.9 Å². The number of carbonyl (C=O) groups is 3. The number of amides is 2. The van der Waals surface area contributed by atoms with Crippen molar-refractivity contribution in [2.45, 2.75) is 50.6 Å². The molecule has 0 spiro atoms. The number of carbonyl (C=O) groups excluding carboxylic acids is 2. The van der Waals surface area contributed by atoms with Gasteiger partial charge >= 0.3 is 5.97 Å². The third-order valence-electron chi connectivity index (χ3n) is 4.45. The molecule has 1 aromatic carbocycles. The molecule has 9 heteroatoms. The van der Waals surface area contributed by atoms with Gasteiger partial charge < -0.3 is 15.7 Å². The average Bonchev–Trinajstić information content (AvgIpc) is 2.95. The zero-order valence-electron chi connectivity index (χ0n) is 13.9. The third-order valence-corrected chi connectivity index (χ3v) is 4.45. The molecule has 0 radical (unpaired) electrons. The molecule has 1 aromatic rings. The Hall–Kier alpha value is -2.58. The highest BCUT2D eigenvalue weighted by molar-refractivity contribution is 5.80. The number of benzene rings is 1. The normalized spacial score (nSPS) is 19.3. The fourth-order valence-corrected chi connectivity index (χ4v) is 2.95. The first kappa shape index (κ1) is 19.7. The zero-order valence-corrected chi connectivity index (χ0v) is 13.9. The van der Waals surface area contributed by atoms with Crippen LogP contribution in [0.25, 0.3) is 0 Å². The fourth-order valence-electron chi connectivity index (χ4n) is 2.95. The molecule has 0 saturated carbocycles. The van der Waals surface area contributed by atoms with Gasteiger partial charge in [0.25, 0.3) is 0 Å². The molecule has 1 heterocycles. The van der Waals surface area contributed by atoms with Crippen molar-refractivity contribution in [1.29, 1.82) is 0 Å². The van der Waals surface area contributed by atoms with Crippen LogP contribution in [0.1, 0.15) is 44.1 Å². The van der Waals surface area contributed by atoms with E-state index in [4.69, 9.17) is 5.11 Å². The summed E-state index contributed by atoms with van der Waals surface area (Å²) < 4.78 is 39.5. The Morgan fingerprint density at radius 3 is 2.38 bits per heavy atom. The number of carboxylic acid groups (broad SMARTS) is 1. The van der Waals surface area contributed by atoms with E-state index in [-0.39, 0.29) is 50.1 Å². The lowest BCUT2D eigenvalue weighted by atomic mass is 9.86. The Morgan fingerprint density at radius 2 is 1.77 bits per heavy atom. The Labute approximate surface area is 147 Å². The third kappa shape index (κ3) is 5.21. The molecule has 3 N–H and O–H groups in total. The van der Waals surface area contributed by atoms with Gasteiger partial charge in [0.2, 0.25) is 11.8 Å². The van der Waals surface area contributed by atoms with Crippen LogP contribution in [0.4, 0.5) is 13.2 Å². The molecule has 1 fully saturated rings. The summed E-state index contributed by atoms with van der Waals surface area (Å²) >= 11 is 0. The number of halogens is 3. The first-order valence-corrected chi connectivity index (χ1v) is 8.14. The first-order valence-electron chi connectivity index (χ1n) is 8.14. The summed E-state index contributed by atoms with van der Waals surface area (Å²) in [5, 5.41) is 14.0. The number of hydrogen-bond acceptors (Lipinski definition) is 3. The molecule has 2 amide bonds. The van der Waals surface area contributed by atoms with Crippen molar-refractivity contribution in [2.75, 3.05) is 0 Å². The van der Waals surface area contributed by atoms with E-state index in [9.17, 15) is 27.6 Å². The number of aliphatic carboxylic acids is 1. The van der Waals surface area contributed by atoms with Gasteiger partial charge in [0.15, 0.2) is 11.6 Å². The van der Waals surface area contributed by atoms with Crippen molar-refractivity contribution in [3.63, 3.8) is 0 Å². The molecule has 0 aliphatic carbocycles. The molecule has 1 atom stereocenters. The largest absolute Gasteiger partial charge is 0.481 e. The van der Waals surface area contributed by atoms with Gasteiger partial charge in [0.05, 0.1) is 0 Å². The van der Waals surface area contributed by atoms with Crippen LogP contribution in [-0.4, -0.2) is 28.4 Å². The lowest BCUT2D eigenvalue weighted by Gasteiger charge is -2.28. The quantitative estimate of drug-likeness (QED) is 0.609. The van der Waals surface area contributed by atoms with Gasteiger partial charge in [-0.2, -0.15) is 0 Å². The van der Waals surface area contributed by atoms with Gasteiger partial charge in [-0.3, -0.25) is 14.4 Å². The molecular weight excluding hydrogens is 353 g/mol. The van der Waals surface area contributed by atoms with Crippen LogP contribution in [0, 0.1) is 17.5 Å². The van der Waals surface area contributed by atoms with E-state index in [0.29, 0.717) is 18.6 Å². The van der Waals surface area contributed by atoms with Crippen LogP contribution < -0.4 is 10.6 Å². The van der Waals surface area contributed by atoms with Crippen molar-refractivity contribution in [3.05, 3.63) is 35.1 Å². The van der Waals surface area contributed by atoms with Crippen molar-refractivity contribution < 1.29 is 32.7 Å². The molecule has 6 nitrogen and oxygen atoms in total. The summed E-state index contributed by atoms with van der Waals surface area (Å²) in [6.45, 7) is -0.309. The highest BCUT2D eigenvalue weighted by Gasteiger charge is 2.37. The van der Waals surface area contributed by atoms with E-state index < -0.39 is 34.9 Å². The maximum atomic E-state index is 13.5. The summed E-state index contributed by atoms with van der Waals surface area (Å²) in [6, 6.07) is 1.09. The minimum atomic E-state index is -1.31. The Bertz CT molecular complexity index is 726. The van der Waals surface area contributed by atoms with E-state index >= 15 is 0 Å². The second-order valence-corrected chi connectivity index (χ2v) is 6.36. The van der Waals surface area contributed by atoms with Crippen molar-refractivity contribution in [2.24, 2.45) is 0 Å². The molecule has 142 valence electrons.